The van der Waals surface area contributed by atoms with Crippen molar-refractivity contribution in [2.75, 3.05) is 45.5 Å². The van der Waals surface area contributed by atoms with Gasteiger partial charge in [0.1, 0.15) is 23.9 Å². The quantitative estimate of drug-likeness (QED) is 0.0461. The molecule has 0 spiro atoms. The fraction of sp³-hybridized carbons (Fsp3) is 0.473. The van der Waals surface area contributed by atoms with Crippen molar-refractivity contribution in [2.24, 2.45) is 0 Å². The number of hydrogen-bond acceptors (Lipinski definition) is 14. The van der Waals surface area contributed by atoms with Crippen LogP contribution in [0.15, 0.2) is 47.3 Å². The van der Waals surface area contributed by atoms with Crippen LogP contribution in [0.25, 0.3) is 22.3 Å². The topological polar surface area (TPSA) is 178 Å². The van der Waals surface area contributed by atoms with Gasteiger partial charge in [-0.25, -0.2) is 19.0 Å². The van der Waals surface area contributed by atoms with E-state index in [9.17, 15) is 34.5 Å². The Morgan fingerprint density at radius 3 is 2.45 bits per heavy atom. The smallest absolute Gasteiger partial charge is 0.411 e. The number of esters is 1. The summed E-state index contributed by atoms with van der Waals surface area (Å²) in [7, 11) is 5.13. The molecule has 6 aliphatic rings. The lowest BCUT2D eigenvalue weighted by Crippen LogP contribution is -2.46. The van der Waals surface area contributed by atoms with Crippen LogP contribution in [-0.4, -0.2) is 113 Å². The SMILES string of the molecule is CC[C@@]1(O)C(=O)OCc2c1cc1n(c2=O)Cc2c-1nc1cc(F)c(C)c3c1c2[C@@H](N(C)C(=O)OC1(SSCCN2CCN(Cc4ccc5c(c4)CN(C(=O)c4cc(C(C)C)c(O)cc4O)C5)CC2)CCC1)CC3. The Hall–Kier alpha value is -5.66. The molecule has 0 bridgehead atoms. The summed E-state index contributed by atoms with van der Waals surface area (Å²) in [4.78, 5) is 67.5. The number of aliphatic hydroxyl groups is 1. The second-order valence-corrected chi connectivity index (χ2v) is 23.7. The largest absolute Gasteiger partial charge is 0.508 e. The Kier molecular flexibility index (Phi) is 12.8. The normalized spacial score (nSPS) is 20.8. The number of phenolic OH excluding ortho intramolecular Hbond substituents is 2. The average molecular weight is 1030 g/mol. The summed E-state index contributed by atoms with van der Waals surface area (Å²) >= 11 is 0. The van der Waals surface area contributed by atoms with E-state index >= 15 is 4.39 Å². The fourth-order valence-electron chi connectivity index (χ4n) is 11.8. The number of amides is 2. The highest BCUT2D eigenvalue weighted by Gasteiger charge is 2.47. The molecule has 3 N–H and O–H groups in total. The third kappa shape index (κ3) is 8.54. The first-order chi connectivity index (χ1) is 35.0. The zero-order chi connectivity index (χ0) is 51.2. The van der Waals surface area contributed by atoms with Crippen LogP contribution < -0.4 is 5.56 Å². The highest BCUT2D eigenvalue weighted by atomic mass is 33.1. The summed E-state index contributed by atoms with van der Waals surface area (Å²) in [6, 6.07) is 11.9. The second kappa shape index (κ2) is 18.9. The first-order valence-electron chi connectivity index (χ1n) is 25.5. The van der Waals surface area contributed by atoms with Gasteiger partial charge in [0, 0.05) is 93.8 Å². The highest BCUT2D eigenvalue weighted by molar-refractivity contribution is 8.77. The van der Waals surface area contributed by atoms with Crippen LogP contribution in [-0.2, 0) is 59.1 Å². The minimum absolute atomic E-state index is 0.000868. The number of aromatic hydroxyl groups is 2. The first kappa shape index (κ1) is 49.5. The van der Waals surface area contributed by atoms with E-state index in [0.29, 0.717) is 54.0 Å². The molecule has 2 aromatic heterocycles. The van der Waals surface area contributed by atoms with Gasteiger partial charge in [-0.05, 0) is 113 Å². The minimum atomic E-state index is -1.99. The molecule has 2 fully saturated rings. The molecule has 5 aromatic rings. The predicted octanol–water partition coefficient (Wildman–Crippen LogP) is 8.35. The molecule has 0 radical (unpaired) electrons. The van der Waals surface area contributed by atoms with Gasteiger partial charge in [0.05, 0.1) is 40.6 Å². The number of benzene rings is 3. The standard InChI is InChI=1S/C55H61FN6O9S2/c1-6-55(69)40-22-44-49-38(28-62(44)51(66)39(40)29-70-52(55)67)48-43(11-10-35-31(4)41(56)23-42(57-49)47(35)48)58(5)53(68)71-54(12-7-13-54)73-72-19-18-59-14-16-60(17-15-59)25-32-8-9-33-26-61(27-34(33)20-32)50(65)37-21-36(30(2)3)45(63)24-46(37)64/h8-9,20-24,30,43,63-64,69H,6-7,10-19,25-29H2,1-5H3/t43-,55-/m0/s1. The van der Waals surface area contributed by atoms with Gasteiger partial charge in [0.25, 0.3) is 11.5 Å². The van der Waals surface area contributed by atoms with Crippen molar-refractivity contribution in [1.29, 1.82) is 0 Å². The van der Waals surface area contributed by atoms with Crippen molar-refractivity contribution in [3.8, 4) is 22.9 Å². The van der Waals surface area contributed by atoms with Crippen molar-refractivity contribution < 1.29 is 43.6 Å². The second-order valence-electron chi connectivity index (χ2n) is 21.0. The molecule has 15 nitrogen and oxygen atoms in total. The number of hydrogen-bond donors (Lipinski definition) is 3. The van der Waals surface area contributed by atoms with Crippen LogP contribution in [0.4, 0.5) is 9.18 Å². The number of carbonyl (C=O) groups excluding carboxylic acids is 3. The van der Waals surface area contributed by atoms with E-state index in [2.05, 4.69) is 28.0 Å². The molecule has 2 aliphatic carbocycles. The molecule has 0 unspecified atom stereocenters. The fourth-order valence-corrected chi connectivity index (χ4v) is 14.7. The molecule has 3 aromatic carbocycles. The number of fused-ring (bicyclic) bond motifs is 6. The molecule has 11 rings (SSSR count). The van der Waals surface area contributed by atoms with E-state index in [0.717, 1.165) is 97.5 Å². The lowest BCUT2D eigenvalue weighted by atomic mass is 9.81. The summed E-state index contributed by atoms with van der Waals surface area (Å²) in [5, 5.41) is 33.1. The molecule has 4 aliphatic heterocycles. The first-order valence-corrected chi connectivity index (χ1v) is 27.8. The number of phenols is 2. The molecule has 1 saturated heterocycles. The van der Waals surface area contributed by atoms with E-state index in [1.165, 1.54) is 17.7 Å². The molecular weight excluding hydrogens is 972 g/mol. The molecule has 2 atom stereocenters. The molecule has 18 heteroatoms. The Balaban J connectivity index is 0.706. The summed E-state index contributed by atoms with van der Waals surface area (Å²) in [5.74, 6) is -0.798. The van der Waals surface area contributed by atoms with Gasteiger partial charge < -0.3 is 39.2 Å². The van der Waals surface area contributed by atoms with Gasteiger partial charge in [-0.3, -0.25) is 19.4 Å². The van der Waals surface area contributed by atoms with Gasteiger partial charge in [0.2, 0.25) is 0 Å². The maximum atomic E-state index is 15.6. The lowest BCUT2D eigenvalue weighted by molar-refractivity contribution is -0.172. The van der Waals surface area contributed by atoms with E-state index < -0.39 is 28.6 Å². The number of halogens is 1. The van der Waals surface area contributed by atoms with Gasteiger partial charge in [-0.1, -0.05) is 49.8 Å². The average Bonchev–Trinajstić information content (AvgIpc) is 3.96. The molecular formula is C55H61FN6O9S2. The monoisotopic (exact) mass is 1030 g/mol. The predicted molar refractivity (Wildman–Crippen MR) is 277 cm³/mol. The van der Waals surface area contributed by atoms with Crippen LogP contribution >= 0.6 is 21.6 Å². The van der Waals surface area contributed by atoms with Crippen molar-refractivity contribution in [3.63, 3.8) is 0 Å². The van der Waals surface area contributed by atoms with Crippen LogP contribution in [0, 0.1) is 12.7 Å². The van der Waals surface area contributed by atoms with Crippen LogP contribution in [0.3, 0.4) is 0 Å². The number of cyclic esters (lactones) is 1. The van der Waals surface area contributed by atoms with Crippen molar-refractivity contribution in [1.82, 2.24) is 29.2 Å². The van der Waals surface area contributed by atoms with Crippen molar-refractivity contribution in [2.45, 2.75) is 121 Å². The number of rotatable bonds is 12. The number of aromatic nitrogens is 2. The van der Waals surface area contributed by atoms with Gasteiger partial charge >= 0.3 is 12.1 Å². The van der Waals surface area contributed by atoms with Crippen molar-refractivity contribution >= 4 is 50.5 Å². The molecule has 384 valence electrons. The molecule has 1 saturated carbocycles. The van der Waals surface area contributed by atoms with Crippen LogP contribution in [0.1, 0.15) is 131 Å². The van der Waals surface area contributed by atoms with Gasteiger partial charge in [0.15, 0.2) is 10.5 Å². The molecule has 2 amide bonds. The number of carbonyl (C=O) groups is 3. The molecule has 6 heterocycles. The number of aryl methyl sites for hydroxylation is 1. The van der Waals surface area contributed by atoms with Crippen molar-refractivity contribution in [3.05, 3.63) is 120 Å². The Morgan fingerprint density at radius 2 is 1.73 bits per heavy atom. The number of piperazine rings is 1. The van der Waals surface area contributed by atoms with Crippen LogP contribution in [0.2, 0.25) is 0 Å². The highest BCUT2D eigenvalue weighted by Crippen LogP contribution is 2.52. The van der Waals surface area contributed by atoms with E-state index in [1.54, 1.807) is 69.0 Å². The van der Waals surface area contributed by atoms with E-state index in [4.69, 9.17) is 14.5 Å². The van der Waals surface area contributed by atoms with E-state index in [-0.39, 0.29) is 71.0 Å². The number of pyridine rings is 2. The maximum absolute atomic E-state index is 15.6. The Bertz CT molecular complexity index is 3190. The minimum Gasteiger partial charge on any atom is -0.508 e. The summed E-state index contributed by atoms with van der Waals surface area (Å²) in [6.45, 7) is 13.6. The summed E-state index contributed by atoms with van der Waals surface area (Å²) < 4.78 is 28.9. The zero-order valence-electron chi connectivity index (χ0n) is 41.9. The Morgan fingerprint density at radius 1 is 0.973 bits per heavy atom. The number of ether oxygens (including phenoxy) is 2. The third-order valence-electron chi connectivity index (χ3n) is 16.3. The Labute approximate surface area is 431 Å². The molecule has 73 heavy (non-hydrogen) atoms. The maximum Gasteiger partial charge on any atom is 0.411 e. The summed E-state index contributed by atoms with van der Waals surface area (Å²) in [5.41, 5.74) is 6.53. The van der Waals surface area contributed by atoms with Crippen LogP contribution in [0.5, 0.6) is 11.5 Å². The third-order valence-corrected chi connectivity index (χ3v) is 19.4. The van der Waals surface area contributed by atoms with Gasteiger partial charge in [-0.15, -0.1) is 0 Å². The lowest BCUT2D eigenvalue weighted by Gasteiger charge is -2.42. The number of nitrogens with zero attached hydrogens (tertiary/aromatic N) is 6. The summed E-state index contributed by atoms with van der Waals surface area (Å²) in [6.07, 6.45) is 3.07. The van der Waals surface area contributed by atoms with E-state index in [1.807, 2.05) is 13.8 Å². The van der Waals surface area contributed by atoms with Gasteiger partial charge in [-0.2, -0.15) is 0 Å². The zero-order valence-corrected chi connectivity index (χ0v) is 43.5.